The van der Waals surface area contributed by atoms with Crippen molar-refractivity contribution in [3.63, 3.8) is 0 Å². The number of nitrogens with zero attached hydrogens (tertiary/aromatic N) is 2. The third-order valence-electron chi connectivity index (χ3n) is 2.13. The molecule has 2 rings (SSSR count). The van der Waals surface area contributed by atoms with E-state index in [2.05, 4.69) is 25.9 Å². The second-order valence-corrected chi connectivity index (χ2v) is 4.15. The molecule has 0 aliphatic carbocycles. The highest BCUT2D eigenvalue weighted by atomic mass is 79.9. The standard InChI is InChI=1S/C12H11BrN2O/c1-9(11-7-12(13)15-8-14-11)16-10-5-3-2-4-6-10/h2-9H,1H3/t9-/m1/s1. The first-order valence-electron chi connectivity index (χ1n) is 4.95. The summed E-state index contributed by atoms with van der Waals surface area (Å²) in [5, 5.41) is 0. The van der Waals surface area contributed by atoms with Gasteiger partial charge in [0, 0.05) is 0 Å². The molecule has 0 radical (unpaired) electrons. The Balaban J connectivity index is 2.12. The van der Waals surface area contributed by atoms with Gasteiger partial charge >= 0.3 is 0 Å². The van der Waals surface area contributed by atoms with E-state index in [1.54, 1.807) is 0 Å². The Hall–Kier alpha value is -1.42. The van der Waals surface area contributed by atoms with E-state index in [9.17, 15) is 0 Å². The molecule has 3 nitrogen and oxygen atoms in total. The van der Waals surface area contributed by atoms with Crippen LogP contribution < -0.4 is 4.74 Å². The lowest BCUT2D eigenvalue weighted by Crippen LogP contribution is -2.05. The average Bonchev–Trinajstić information content (AvgIpc) is 2.30. The smallest absolute Gasteiger partial charge is 0.138 e. The first-order valence-corrected chi connectivity index (χ1v) is 5.74. The molecular weight excluding hydrogens is 268 g/mol. The number of hydrogen-bond donors (Lipinski definition) is 0. The van der Waals surface area contributed by atoms with E-state index in [1.807, 2.05) is 43.3 Å². The maximum atomic E-state index is 5.74. The number of ether oxygens (including phenoxy) is 1. The van der Waals surface area contributed by atoms with Crippen LogP contribution in [0, 0.1) is 0 Å². The van der Waals surface area contributed by atoms with E-state index in [4.69, 9.17) is 4.74 Å². The number of para-hydroxylation sites is 1. The Kier molecular flexibility index (Phi) is 3.51. The molecule has 1 aromatic carbocycles. The van der Waals surface area contributed by atoms with Crippen molar-refractivity contribution in [2.45, 2.75) is 13.0 Å². The fourth-order valence-electron chi connectivity index (χ4n) is 1.33. The maximum Gasteiger partial charge on any atom is 0.138 e. The molecule has 16 heavy (non-hydrogen) atoms. The summed E-state index contributed by atoms with van der Waals surface area (Å²) in [5.74, 6) is 0.838. The lowest BCUT2D eigenvalue weighted by Gasteiger charge is -2.13. The van der Waals surface area contributed by atoms with E-state index in [0.29, 0.717) is 0 Å². The summed E-state index contributed by atoms with van der Waals surface area (Å²) in [6, 6.07) is 11.5. The van der Waals surface area contributed by atoms with Crippen molar-refractivity contribution in [2.24, 2.45) is 0 Å². The molecule has 0 saturated carbocycles. The van der Waals surface area contributed by atoms with E-state index in [0.717, 1.165) is 16.0 Å². The molecule has 0 amide bonds. The molecule has 0 fully saturated rings. The normalized spacial score (nSPS) is 12.1. The van der Waals surface area contributed by atoms with Crippen LogP contribution in [0.2, 0.25) is 0 Å². The molecule has 1 atom stereocenters. The van der Waals surface area contributed by atoms with Crippen LogP contribution in [0.1, 0.15) is 18.7 Å². The zero-order valence-electron chi connectivity index (χ0n) is 8.80. The highest BCUT2D eigenvalue weighted by Crippen LogP contribution is 2.20. The Bertz CT molecular complexity index is 462. The van der Waals surface area contributed by atoms with E-state index >= 15 is 0 Å². The molecule has 82 valence electrons. The second-order valence-electron chi connectivity index (χ2n) is 3.34. The van der Waals surface area contributed by atoms with Gasteiger partial charge in [-0.1, -0.05) is 18.2 Å². The second kappa shape index (κ2) is 5.07. The van der Waals surface area contributed by atoms with Crippen molar-refractivity contribution in [2.75, 3.05) is 0 Å². The molecule has 0 unspecified atom stereocenters. The predicted octanol–water partition coefficient (Wildman–Crippen LogP) is 3.38. The van der Waals surface area contributed by atoms with Gasteiger partial charge in [-0.2, -0.15) is 0 Å². The minimum atomic E-state index is -0.0956. The zero-order valence-corrected chi connectivity index (χ0v) is 10.4. The minimum absolute atomic E-state index is 0.0956. The van der Waals surface area contributed by atoms with Gasteiger partial charge in [-0.3, -0.25) is 0 Å². The number of hydrogen-bond acceptors (Lipinski definition) is 3. The Labute approximate surface area is 103 Å². The molecule has 0 bridgehead atoms. The van der Waals surface area contributed by atoms with Gasteiger partial charge in [0.25, 0.3) is 0 Å². The van der Waals surface area contributed by atoms with Crippen molar-refractivity contribution in [3.05, 3.63) is 53.0 Å². The summed E-state index contributed by atoms with van der Waals surface area (Å²) in [7, 11) is 0. The first-order chi connectivity index (χ1) is 7.75. The van der Waals surface area contributed by atoms with Crippen LogP contribution in [0.25, 0.3) is 0 Å². The molecular formula is C12H11BrN2O. The third-order valence-corrected chi connectivity index (χ3v) is 2.56. The van der Waals surface area contributed by atoms with Gasteiger partial charge in [-0.25, -0.2) is 9.97 Å². The van der Waals surface area contributed by atoms with E-state index < -0.39 is 0 Å². The van der Waals surface area contributed by atoms with Crippen LogP contribution in [0.5, 0.6) is 5.75 Å². The van der Waals surface area contributed by atoms with Gasteiger partial charge in [-0.15, -0.1) is 0 Å². The van der Waals surface area contributed by atoms with Gasteiger partial charge in [0.15, 0.2) is 0 Å². The molecule has 0 saturated heterocycles. The SMILES string of the molecule is C[C@@H](Oc1ccccc1)c1cc(Br)ncn1. The van der Waals surface area contributed by atoms with Gasteiger partial charge in [0.2, 0.25) is 0 Å². The Morgan fingerprint density at radius 3 is 2.62 bits per heavy atom. The van der Waals surface area contributed by atoms with Crippen LogP contribution in [0.15, 0.2) is 47.3 Å². The van der Waals surface area contributed by atoms with Crippen LogP contribution in [-0.4, -0.2) is 9.97 Å². The van der Waals surface area contributed by atoms with Gasteiger partial charge in [0.1, 0.15) is 22.8 Å². The molecule has 0 aliphatic heterocycles. The summed E-state index contributed by atoms with van der Waals surface area (Å²) in [5.41, 5.74) is 0.853. The van der Waals surface area contributed by atoms with Crippen molar-refractivity contribution in [1.82, 2.24) is 9.97 Å². The van der Waals surface area contributed by atoms with E-state index in [-0.39, 0.29) is 6.10 Å². The average molecular weight is 279 g/mol. The molecule has 0 N–H and O–H groups in total. The third kappa shape index (κ3) is 2.79. The van der Waals surface area contributed by atoms with Crippen LogP contribution in [-0.2, 0) is 0 Å². The molecule has 4 heteroatoms. The van der Waals surface area contributed by atoms with Crippen LogP contribution in [0.3, 0.4) is 0 Å². The number of aromatic nitrogens is 2. The first kappa shape index (κ1) is 11.1. The topological polar surface area (TPSA) is 35.0 Å². The van der Waals surface area contributed by atoms with Crippen LogP contribution >= 0.6 is 15.9 Å². The number of benzene rings is 1. The summed E-state index contributed by atoms with van der Waals surface area (Å²) >= 11 is 3.31. The number of halogens is 1. The van der Waals surface area contributed by atoms with Crippen molar-refractivity contribution < 1.29 is 4.74 Å². The summed E-state index contributed by atoms with van der Waals surface area (Å²) in [4.78, 5) is 8.15. The van der Waals surface area contributed by atoms with Gasteiger partial charge in [-0.05, 0) is 41.1 Å². The van der Waals surface area contributed by atoms with Crippen molar-refractivity contribution in [1.29, 1.82) is 0 Å². The van der Waals surface area contributed by atoms with Crippen molar-refractivity contribution in [3.8, 4) is 5.75 Å². The number of rotatable bonds is 3. The van der Waals surface area contributed by atoms with E-state index in [1.165, 1.54) is 6.33 Å². The summed E-state index contributed by atoms with van der Waals surface area (Å²) in [6.07, 6.45) is 1.42. The minimum Gasteiger partial charge on any atom is -0.484 e. The monoisotopic (exact) mass is 278 g/mol. The van der Waals surface area contributed by atoms with Gasteiger partial charge in [0.05, 0.1) is 5.69 Å². The molecule has 0 spiro atoms. The van der Waals surface area contributed by atoms with Crippen LogP contribution in [0.4, 0.5) is 0 Å². The fourth-order valence-corrected chi connectivity index (χ4v) is 1.66. The lowest BCUT2D eigenvalue weighted by atomic mass is 10.2. The zero-order chi connectivity index (χ0) is 11.4. The van der Waals surface area contributed by atoms with Gasteiger partial charge < -0.3 is 4.74 Å². The summed E-state index contributed by atoms with van der Waals surface area (Å²) in [6.45, 7) is 1.96. The highest BCUT2D eigenvalue weighted by molar-refractivity contribution is 9.10. The molecule has 2 aromatic rings. The molecule has 1 heterocycles. The molecule has 0 aliphatic rings. The van der Waals surface area contributed by atoms with Crippen molar-refractivity contribution >= 4 is 15.9 Å². The fraction of sp³-hybridized carbons (Fsp3) is 0.167. The quantitative estimate of drug-likeness (QED) is 0.808. The Morgan fingerprint density at radius 2 is 1.94 bits per heavy atom. The lowest BCUT2D eigenvalue weighted by molar-refractivity contribution is 0.221. The molecule has 1 aromatic heterocycles. The predicted molar refractivity (Wildman–Crippen MR) is 65.2 cm³/mol. The largest absolute Gasteiger partial charge is 0.484 e. The Morgan fingerprint density at radius 1 is 1.19 bits per heavy atom. The maximum absolute atomic E-state index is 5.74. The highest BCUT2D eigenvalue weighted by Gasteiger charge is 2.09. The summed E-state index contributed by atoms with van der Waals surface area (Å²) < 4.78 is 6.51.